The number of hydrogen-bond donors (Lipinski definition) is 0. The minimum Gasteiger partial charge on any atom is -0.374 e. The average Bonchev–Trinajstić information content (AvgIpc) is 2.77. The Labute approximate surface area is 201 Å². The van der Waals surface area contributed by atoms with Crippen LogP contribution in [-0.2, 0) is 13.3 Å². The van der Waals surface area contributed by atoms with Crippen LogP contribution in [0.4, 0.5) is 4.39 Å². The third-order valence-electron chi connectivity index (χ3n) is 6.46. The van der Waals surface area contributed by atoms with Crippen molar-refractivity contribution in [3.63, 3.8) is 0 Å². The van der Waals surface area contributed by atoms with Crippen LogP contribution in [0.2, 0.25) is 6.04 Å². The fourth-order valence-corrected chi connectivity index (χ4v) is 7.12. The summed E-state index contributed by atoms with van der Waals surface area (Å²) in [6.45, 7) is 11.8. The number of rotatable bonds is 25. The minimum absolute atomic E-state index is 0.201. The normalized spacial score (nSPS) is 14.1. The van der Waals surface area contributed by atoms with Crippen molar-refractivity contribution >= 4 is 8.80 Å². The molecule has 0 spiro atoms. The van der Waals surface area contributed by atoms with Crippen LogP contribution in [0, 0.1) is 0 Å². The van der Waals surface area contributed by atoms with E-state index in [1.54, 1.807) is 0 Å². The summed E-state index contributed by atoms with van der Waals surface area (Å²) in [4.78, 5) is 0. The summed E-state index contributed by atoms with van der Waals surface area (Å²) in [6.07, 6.45) is 20.8. The van der Waals surface area contributed by atoms with Crippen LogP contribution in [0.25, 0.3) is 0 Å². The van der Waals surface area contributed by atoms with Gasteiger partial charge in [-0.25, -0.2) is 0 Å². The molecule has 3 nitrogen and oxygen atoms in total. The van der Waals surface area contributed by atoms with Crippen LogP contribution < -0.4 is 0 Å². The molecule has 5 heteroatoms. The second-order valence-corrected chi connectivity index (χ2v) is 12.4. The fraction of sp³-hybridized carbons (Fsp3) is 1.00. The molecule has 0 aromatic carbocycles. The van der Waals surface area contributed by atoms with Gasteiger partial charge in [0.1, 0.15) is 0 Å². The van der Waals surface area contributed by atoms with Gasteiger partial charge in [0.25, 0.3) is 0 Å². The van der Waals surface area contributed by atoms with Gasteiger partial charge < -0.3 is 13.3 Å². The molecule has 32 heavy (non-hydrogen) atoms. The highest BCUT2D eigenvalue weighted by Crippen LogP contribution is 2.32. The maximum Gasteiger partial charge on any atom is 0.501 e. The Hall–Kier alpha value is 0.0269. The molecule has 0 amide bonds. The first kappa shape index (κ1) is 32.0. The van der Waals surface area contributed by atoms with E-state index in [1.165, 1.54) is 70.6 Å². The Bertz CT molecular complexity index is 391. The third-order valence-corrected chi connectivity index (χ3v) is 9.59. The Morgan fingerprint density at radius 2 is 1.00 bits per heavy atom. The zero-order valence-electron chi connectivity index (χ0n) is 22.5. The van der Waals surface area contributed by atoms with Gasteiger partial charge in [0, 0.05) is 19.3 Å². The molecule has 0 aliphatic carbocycles. The molecule has 0 radical (unpaired) electrons. The van der Waals surface area contributed by atoms with Crippen molar-refractivity contribution < 1.29 is 17.7 Å². The SMILES string of the molecule is CCCCCCCCCCCCCC(C)(CCCCCCF)O[Si](CC)(OCC)OCC. The summed E-state index contributed by atoms with van der Waals surface area (Å²) in [6, 6.07) is 0.810. The molecule has 0 aromatic rings. The fourth-order valence-electron chi connectivity index (χ4n) is 4.53. The van der Waals surface area contributed by atoms with Crippen molar-refractivity contribution in [1.29, 1.82) is 0 Å². The monoisotopic (exact) mass is 476 g/mol. The largest absolute Gasteiger partial charge is 0.501 e. The average molecular weight is 477 g/mol. The smallest absolute Gasteiger partial charge is 0.374 e. The summed E-state index contributed by atoms with van der Waals surface area (Å²) in [5.74, 6) is 0. The standard InChI is InChI=1S/C27H57FO3Si/c1-6-10-11-12-13-14-15-16-17-18-21-24-27(5,25-22-19-20-23-26-28)31-32(9-4,29-7-2)30-8-3/h6-26H2,1-5H3. The molecule has 0 saturated heterocycles. The predicted octanol–water partition coefficient (Wildman–Crippen LogP) is 9.41. The third kappa shape index (κ3) is 16.6. The quantitative estimate of drug-likeness (QED) is 0.0969. The molecule has 0 aliphatic heterocycles. The molecular formula is C27H57FO3Si. The molecular weight excluding hydrogens is 419 g/mol. The first-order valence-electron chi connectivity index (χ1n) is 14.1. The van der Waals surface area contributed by atoms with E-state index in [-0.39, 0.29) is 12.3 Å². The van der Waals surface area contributed by atoms with Gasteiger partial charge in [-0.05, 0) is 40.0 Å². The highest BCUT2D eigenvalue weighted by Gasteiger charge is 2.44. The van der Waals surface area contributed by atoms with Gasteiger partial charge in [-0.3, -0.25) is 4.39 Å². The molecule has 1 atom stereocenters. The topological polar surface area (TPSA) is 27.7 Å². The summed E-state index contributed by atoms with van der Waals surface area (Å²) < 4.78 is 31.4. The molecule has 0 aliphatic rings. The number of halogens is 1. The second-order valence-electron chi connectivity index (χ2n) is 9.59. The first-order chi connectivity index (χ1) is 15.5. The number of hydrogen-bond acceptors (Lipinski definition) is 3. The maximum absolute atomic E-state index is 12.4. The number of unbranched alkanes of at least 4 members (excludes halogenated alkanes) is 13. The van der Waals surface area contributed by atoms with Crippen LogP contribution in [0.15, 0.2) is 0 Å². The maximum atomic E-state index is 12.4. The Balaban J connectivity index is 4.49. The van der Waals surface area contributed by atoms with Crippen LogP contribution in [-0.4, -0.2) is 34.3 Å². The summed E-state index contributed by atoms with van der Waals surface area (Å²) >= 11 is 0. The van der Waals surface area contributed by atoms with E-state index in [9.17, 15) is 4.39 Å². The van der Waals surface area contributed by atoms with Crippen molar-refractivity contribution in [1.82, 2.24) is 0 Å². The van der Waals surface area contributed by atoms with Gasteiger partial charge in [-0.2, -0.15) is 0 Å². The van der Waals surface area contributed by atoms with E-state index >= 15 is 0 Å². The molecule has 0 heterocycles. The number of alkyl halides is 1. The van der Waals surface area contributed by atoms with E-state index in [4.69, 9.17) is 13.3 Å². The van der Waals surface area contributed by atoms with Gasteiger partial charge in [0.05, 0.1) is 12.3 Å². The lowest BCUT2D eigenvalue weighted by Crippen LogP contribution is -2.52. The summed E-state index contributed by atoms with van der Waals surface area (Å²) in [5, 5.41) is 0. The minimum atomic E-state index is -2.64. The Morgan fingerprint density at radius 3 is 1.38 bits per heavy atom. The van der Waals surface area contributed by atoms with Crippen LogP contribution in [0.1, 0.15) is 144 Å². The van der Waals surface area contributed by atoms with E-state index < -0.39 is 8.80 Å². The van der Waals surface area contributed by atoms with E-state index in [1.807, 2.05) is 13.8 Å². The van der Waals surface area contributed by atoms with Gasteiger partial charge >= 0.3 is 8.80 Å². The second kappa shape index (κ2) is 21.6. The summed E-state index contributed by atoms with van der Waals surface area (Å²) in [7, 11) is -2.64. The Morgan fingerprint density at radius 1 is 0.594 bits per heavy atom. The van der Waals surface area contributed by atoms with Gasteiger partial charge in [0.15, 0.2) is 0 Å². The zero-order valence-corrected chi connectivity index (χ0v) is 23.5. The van der Waals surface area contributed by atoms with Gasteiger partial charge in [-0.15, -0.1) is 0 Å². The zero-order chi connectivity index (χ0) is 24.0. The van der Waals surface area contributed by atoms with Gasteiger partial charge in [0.2, 0.25) is 0 Å². The highest BCUT2D eigenvalue weighted by molar-refractivity contribution is 6.60. The Kier molecular flexibility index (Phi) is 21.6. The van der Waals surface area contributed by atoms with Crippen molar-refractivity contribution in [3.8, 4) is 0 Å². The van der Waals surface area contributed by atoms with Crippen molar-refractivity contribution in [2.24, 2.45) is 0 Å². The van der Waals surface area contributed by atoms with Crippen LogP contribution in [0.3, 0.4) is 0 Å². The summed E-state index contributed by atoms with van der Waals surface area (Å²) in [5.41, 5.74) is -0.207. The van der Waals surface area contributed by atoms with Crippen LogP contribution in [0.5, 0.6) is 0 Å². The molecule has 0 fully saturated rings. The molecule has 0 rings (SSSR count). The van der Waals surface area contributed by atoms with Crippen molar-refractivity contribution in [2.75, 3.05) is 19.9 Å². The first-order valence-corrected chi connectivity index (χ1v) is 16.0. The lowest BCUT2D eigenvalue weighted by atomic mass is 9.91. The van der Waals surface area contributed by atoms with Crippen molar-refractivity contribution in [2.45, 2.75) is 155 Å². The molecule has 0 aromatic heterocycles. The van der Waals surface area contributed by atoms with E-state index in [2.05, 4.69) is 20.8 Å². The van der Waals surface area contributed by atoms with Crippen LogP contribution >= 0.6 is 0 Å². The molecule has 194 valence electrons. The van der Waals surface area contributed by atoms with Crippen molar-refractivity contribution in [3.05, 3.63) is 0 Å². The van der Waals surface area contributed by atoms with E-state index in [0.717, 1.165) is 38.1 Å². The molecule has 0 N–H and O–H groups in total. The molecule has 0 saturated carbocycles. The lowest BCUT2D eigenvalue weighted by molar-refractivity contribution is -0.0311. The van der Waals surface area contributed by atoms with E-state index in [0.29, 0.717) is 19.6 Å². The predicted molar refractivity (Wildman–Crippen MR) is 139 cm³/mol. The molecule has 0 bridgehead atoms. The lowest BCUT2D eigenvalue weighted by Gasteiger charge is -2.39. The highest BCUT2D eigenvalue weighted by atomic mass is 28.4. The van der Waals surface area contributed by atoms with Gasteiger partial charge in [-0.1, -0.05) is 104 Å². The molecule has 1 unspecified atom stereocenters.